The van der Waals surface area contributed by atoms with Gasteiger partial charge in [-0.1, -0.05) is 20.3 Å². The van der Waals surface area contributed by atoms with Crippen LogP contribution in [-0.4, -0.2) is 27.7 Å². The first kappa shape index (κ1) is 21.6. The molecule has 4 aliphatic carbocycles. The van der Waals surface area contributed by atoms with E-state index in [1.54, 1.807) is 24.5 Å². The highest BCUT2D eigenvalue weighted by Crippen LogP contribution is 2.73. The summed E-state index contributed by atoms with van der Waals surface area (Å²) in [6.45, 7) is 6.71. The van der Waals surface area contributed by atoms with Crippen LogP contribution in [0.5, 0.6) is 0 Å². The first-order valence-electron chi connectivity index (χ1n) is 12.1. The molecule has 1 aromatic heterocycles. The van der Waals surface area contributed by atoms with Gasteiger partial charge in [-0.25, -0.2) is 5.43 Å². The van der Waals surface area contributed by atoms with Gasteiger partial charge in [-0.15, -0.1) is 0 Å². The lowest BCUT2D eigenvalue weighted by Gasteiger charge is -2.63. The Hall–Kier alpha value is -2.24. The zero-order valence-corrected chi connectivity index (χ0v) is 19.5. The molecule has 4 aliphatic rings. The van der Waals surface area contributed by atoms with Gasteiger partial charge in [-0.3, -0.25) is 14.6 Å². The molecule has 0 radical (unpaired) electrons. The molecule has 0 unspecified atom stereocenters. The molecule has 1 heterocycles. The summed E-state index contributed by atoms with van der Waals surface area (Å²) >= 11 is 0. The van der Waals surface area contributed by atoms with Crippen molar-refractivity contribution >= 4 is 17.6 Å². The number of hydrogen-bond donors (Lipinski definition) is 2. The van der Waals surface area contributed by atoms with Crippen LogP contribution in [0.15, 0.2) is 29.6 Å². The lowest BCUT2D eigenvalue weighted by atomic mass is 9.40. The number of carbonyl (C=O) groups excluding carboxylic acids is 1. The smallest absolute Gasteiger partial charge is 0.309 e. The summed E-state index contributed by atoms with van der Waals surface area (Å²) in [6.07, 6.45) is 12.5. The van der Waals surface area contributed by atoms with Gasteiger partial charge >= 0.3 is 5.97 Å². The van der Waals surface area contributed by atoms with Crippen LogP contribution in [0, 0.1) is 33.5 Å². The highest BCUT2D eigenvalue weighted by Gasteiger charge is 2.67. The third-order valence-electron chi connectivity index (χ3n) is 10.1. The fourth-order valence-corrected chi connectivity index (χ4v) is 8.64. The molecule has 32 heavy (non-hydrogen) atoms. The Morgan fingerprint density at radius 2 is 1.78 bits per heavy atom. The number of nitrogens with one attached hydrogen (secondary N) is 1. The molecular weight excluding hydrogens is 402 g/mol. The summed E-state index contributed by atoms with van der Waals surface area (Å²) in [5.41, 5.74) is 4.17. The number of carboxylic acids is 1. The van der Waals surface area contributed by atoms with Crippen molar-refractivity contribution in [2.24, 2.45) is 38.6 Å². The predicted molar refractivity (Wildman–Crippen MR) is 122 cm³/mol. The molecule has 2 N–H and O–H groups in total. The SMILES string of the molecule is C[C@]12CC[C@H]3[C@@](CC[C@@H]4[C@]3(C)CCC[C@@]4(C)C(=O)O)(C/C1=N/NC(=O)c1ccncc1)C2. The predicted octanol–water partition coefficient (Wildman–Crippen LogP) is 5.06. The standard InChI is InChI=1S/C26H35N3O3/c1-23-11-5-19-24(2)9-4-10-25(3,22(31)32)18(24)6-12-26(19,16-23)15-20(23)28-29-21(30)17-7-13-27-14-8-17/h7-8,13-14,18-19H,4-6,9-12,15-16H2,1-3H3,(H,29,30)(H,31,32)/b28-20-/t18-,19-,23-,24+,25-,26+/m1/s1. The molecule has 5 rings (SSSR count). The van der Waals surface area contributed by atoms with Crippen molar-refractivity contribution in [2.75, 3.05) is 0 Å². The summed E-state index contributed by atoms with van der Waals surface area (Å²) in [5, 5.41) is 14.8. The molecule has 4 saturated carbocycles. The van der Waals surface area contributed by atoms with Gasteiger partial charge < -0.3 is 5.11 Å². The summed E-state index contributed by atoms with van der Waals surface area (Å²) in [7, 11) is 0. The zero-order valence-electron chi connectivity index (χ0n) is 19.5. The van der Waals surface area contributed by atoms with Gasteiger partial charge in [0.25, 0.3) is 5.91 Å². The second-order valence-electron chi connectivity index (χ2n) is 11.8. The van der Waals surface area contributed by atoms with Gasteiger partial charge in [-0.2, -0.15) is 5.10 Å². The molecule has 6 nitrogen and oxygen atoms in total. The number of hydrogen-bond acceptors (Lipinski definition) is 4. The number of carbonyl (C=O) groups is 2. The molecule has 0 saturated heterocycles. The van der Waals surface area contributed by atoms with Crippen molar-refractivity contribution in [3.05, 3.63) is 30.1 Å². The minimum absolute atomic E-state index is 0.0238. The lowest BCUT2D eigenvalue weighted by molar-refractivity contribution is -0.182. The number of carboxylic acid groups (broad SMARTS) is 1. The fraction of sp³-hybridized carbons (Fsp3) is 0.692. The van der Waals surface area contributed by atoms with E-state index in [-0.39, 0.29) is 28.1 Å². The van der Waals surface area contributed by atoms with E-state index >= 15 is 0 Å². The van der Waals surface area contributed by atoms with Gasteiger partial charge in [0.05, 0.1) is 5.41 Å². The maximum Gasteiger partial charge on any atom is 0.309 e. The number of pyridine rings is 1. The maximum atomic E-state index is 12.6. The van der Waals surface area contributed by atoms with Crippen LogP contribution >= 0.6 is 0 Å². The highest BCUT2D eigenvalue weighted by molar-refractivity contribution is 5.97. The maximum absolute atomic E-state index is 12.6. The largest absolute Gasteiger partial charge is 0.481 e. The van der Waals surface area contributed by atoms with E-state index in [0.29, 0.717) is 11.5 Å². The number of hydrazone groups is 1. The Morgan fingerprint density at radius 3 is 2.50 bits per heavy atom. The number of amides is 1. The third kappa shape index (κ3) is 2.97. The van der Waals surface area contributed by atoms with E-state index in [9.17, 15) is 14.7 Å². The molecule has 2 bridgehead atoms. The monoisotopic (exact) mass is 437 g/mol. The number of aliphatic carboxylic acids is 1. The van der Waals surface area contributed by atoms with Crippen molar-refractivity contribution in [1.29, 1.82) is 0 Å². The van der Waals surface area contributed by atoms with Crippen LogP contribution in [-0.2, 0) is 4.79 Å². The Kier molecular flexibility index (Phi) is 4.81. The molecule has 4 fully saturated rings. The van der Waals surface area contributed by atoms with Gasteiger partial charge in [0, 0.05) is 29.1 Å². The minimum Gasteiger partial charge on any atom is -0.481 e. The normalized spacial score (nSPS) is 43.9. The summed E-state index contributed by atoms with van der Waals surface area (Å²) < 4.78 is 0. The van der Waals surface area contributed by atoms with Crippen LogP contribution in [0.4, 0.5) is 0 Å². The summed E-state index contributed by atoms with van der Waals surface area (Å²) in [4.78, 5) is 28.8. The second kappa shape index (κ2) is 7.13. The number of fused-ring (bicyclic) bond motifs is 3. The van der Waals surface area contributed by atoms with E-state index in [4.69, 9.17) is 0 Å². The Balaban J connectivity index is 1.42. The Labute approximate surface area is 190 Å². The van der Waals surface area contributed by atoms with E-state index in [2.05, 4.69) is 29.4 Å². The van der Waals surface area contributed by atoms with Crippen molar-refractivity contribution in [3.8, 4) is 0 Å². The van der Waals surface area contributed by atoms with Crippen LogP contribution in [0.1, 0.15) is 88.9 Å². The molecule has 1 amide bonds. The van der Waals surface area contributed by atoms with Crippen molar-refractivity contribution in [3.63, 3.8) is 0 Å². The van der Waals surface area contributed by atoms with Crippen molar-refractivity contribution in [2.45, 2.75) is 78.6 Å². The third-order valence-corrected chi connectivity index (χ3v) is 10.1. The van der Waals surface area contributed by atoms with Crippen molar-refractivity contribution < 1.29 is 14.7 Å². The van der Waals surface area contributed by atoms with Crippen LogP contribution in [0.3, 0.4) is 0 Å². The lowest BCUT2D eigenvalue weighted by Crippen LogP contribution is -2.58. The number of aromatic nitrogens is 1. The first-order valence-corrected chi connectivity index (χ1v) is 12.1. The van der Waals surface area contributed by atoms with E-state index in [1.165, 1.54) is 0 Å². The van der Waals surface area contributed by atoms with Gasteiger partial charge in [0.1, 0.15) is 0 Å². The molecule has 1 spiro atoms. The molecule has 6 atom stereocenters. The molecular formula is C26H35N3O3. The molecule has 6 heteroatoms. The Bertz CT molecular complexity index is 978. The van der Waals surface area contributed by atoms with Gasteiger partial charge in [0.2, 0.25) is 0 Å². The molecule has 0 aromatic carbocycles. The average molecular weight is 438 g/mol. The average Bonchev–Trinajstić information content (AvgIpc) is 2.96. The van der Waals surface area contributed by atoms with E-state index < -0.39 is 11.4 Å². The van der Waals surface area contributed by atoms with Crippen molar-refractivity contribution in [1.82, 2.24) is 10.4 Å². The zero-order chi connectivity index (χ0) is 22.8. The van der Waals surface area contributed by atoms with E-state index in [0.717, 1.165) is 63.5 Å². The highest BCUT2D eigenvalue weighted by atomic mass is 16.4. The second-order valence-corrected chi connectivity index (χ2v) is 11.8. The molecule has 0 aliphatic heterocycles. The van der Waals surface area contributed by atoms with Crippen LogP contribution < -0.4 is 5.43 Å². The van der Waals surface area contributed by atoms with Crippen LogP contribution in [0.25, 0.3) is 0 Å². The minimum atomic E-state index is -0.613. The van der Waals surface area contributed by atoms with E-state index in [1.807, 2.05) is 6.92 Å². The fourth-order valence-electron chi connectivity index (χ4n) is 8.64. The van der Waals surface area contributed by atoms with Gasteiger partial charge in [0.15, 0.2) is 0 Å². The first-order chi connectivity index (χ1) is 15.1. The summed E-state index contributed by atoms with van der Waals surface area (Å²) in [6, 6.07) is 3.40. The quantitative estimate of drug-likeness (QED) is 0.647. The van der Waals surface area contributed by atoms with Crippen LogP contribution in [0.2, 0.25) is 0 Å². The molecule has 1 aromatic rings. The number of nitrogens with zero attached hydrogens (tertiary/aromatic N) is 2. The number of rotatable bonds is 3. The Morgan fingerprint density at radius 1 is 1.06 bits per heavy atom. The topological polar surface area (TPSA) is 91.6 Å². The molecule has 172 valence electrons. The summed E-state index contributed by atoms with van der Waals surface area (Å²) in [5.74, 6) is -0.0327. The van der Waals surface area contributed by atoms with Gasteiger partial charge in [-0.05, 0) is 93.1 Å².